The summed E-state index contributed by atoms with van der Waals surface area (Å²) < 4.78 is 4.99. The number of aliphatic imine (C=N–C) groups is 1. The first-order valence-electron chi connectivity index (χ1n) is 5.41. The summed E-state index contributed by atoms with van der Waals surface area (Å²) in [7, 11) is 3.68. The average Bonchev–Trinajstić information content (AvgIpc) is 2.30. The topological polar surface area (TPSA) is 54.8 Å². The highest BCUT2D eigenvalue weighted by Crippen LogP contribution is 2.17. The largest absolute Gasteiger partial charge is 0.464 e. The fourth-order valence-corrected chi connectivity index (χ4v) is 1.24. The van der Waals surface area contributed by atoms with E-state index in [1.54, 1.807) is 36.6 Å². The lowest BCUT2D eigenvalue weighted by Crippen LogP contribution is -2.17. The highest BCUT2D eigenvalue weighted by Gasteiger charge is 2.20. The molecule has 0 aromatic carbocycles. The third-order valence-corrected chi connectivity index (χ3v) is 1.96. The maximum absolute atomic E-state index is 11.8. The smallest absolute Gasteiger partial charge is 0.335 e. The molecule has 5 heteroatoms. The summed E-state index contributed by atoms with van der Waals surface area (Å²) in [4.78, 5) is 21.7. The van der Waals surface area contributed by atoms with Crippen LogP contribution in [0, 0.1) is 0 Å². The summed E-state index contributed by atoms with van der Waals surface area (Å²) in [5.41, 5.74) is 0.726. The Morgan fingerprint density at radius 1 is 1.65 bits per heavy atom. The van der Waals surface area contributed by atoms with E-state index in [0.29, 0.717) is 6.61 Å². The molecule has 1 aromatic rings. The summed E-state index contributed by atoms with van der Waals surface area (Å²) in [5.74, 6) is -0.362. The Morgan fingerprint density at radius 2 is 2.41 bits per heavy atom. The van der Waals surface area contributed by atoms with E-state index in [0.717, 1.165) is 5.56 Å². The number of esters is 1. The van der Waals surface area contributed by atoms with Crippen molar-refractivity contribution in [3.05, 3.63) is 30.1 Å². The Hall–Kier alpha value is -1.91. The van der Waals surface area contributed by atoms with E-state index in [1.807, 2.05) is 20.2 Å². The van der Waals surface area contributed by atoms with Crippen LogP contribution in [0.5, 0.6) is 0 Å². The van der Waals surface area contributed by atoms with Crippen LogP contribution in [0.2, 0.25) is 0 Å². The molecule has 17 heavy (non-hydrogen) atoms. The molecule has 0 saturated carbocycles. The van der Waals surface area contributed by atoms with Gasteiger partial charge >= 0.3 is 5.97 Å². The van der Waals surface area contributed by atoms with Gasteiger partial charge in [0.25, 0.3) is 0 Å². The van der Waals surface area contributed by atoms with E-state index < -0.39 is 6.04 Å². The van der Waals surface area contributed by atoms with Crippen LogP contribution in [-0.2, 0) is 9.53 Å². The number of aromatic nitrogens is 1. The molecule has 0 aliphatic heterocycles. The highest BCUT2D eigenvalue weighted by atomic mass is 16.5. The molecule has 0 bridgehead atoms. The van der Waals surface area contributed by atoms with Crippen molar-refractivity contribution in [1.29, 1.82) is 0 Å². The van der Waals surface area contributed by atoms with Gasteiger partial charge < -0.3 is 9.64 Å². The molecule has 1 rings (SSSR count). The molecule has 5 nitrogen and oxygen atoms in total. The fraction of sp³-hybridized carbons (Fsp3) is 0.417. The van der Waals surface area contributed by atoms with Gasteiger partial charge in [-0.05, 0) is 13.0 Å². The van der Waals surface area contributed by atoms with Crippen LogP contribution in [0.4, 0.5) is 0 Å². The summed E-state index contributed by atoms with van der Waals surface area (Å²) in [6.45, 7) is 2.11. The zero-order valence-corrected chi connectivity index (χ0v) is 10.3. The summed E-state index contributed by atoms with van der Waals surface area (Å²) >= 11 is 0. The number of carbonyl (C=O) groups is 1. The molecule has 0 saturated heterocycles. The van der Waals surface area contributed by atoms with Gasteiger partial charge in [0.2, 0.25) is 0 Å². The predicted octanol–water partition coefficient (Wildman–Crippen LogP) is 1.28. The molecule has 0 spiro atoms. The molecular formula is C12H17N3O2. The number of rotatable bonds is 5. The normalized spacial score (nSPS) is 12.4. The number of hydrogen-bond acceptors (Lipinski definition) is 4. The molecule has 0 fully saturated rings. The van der Waals surface area contributed by atoms with Crippen molar-refractivity contribution >= 4 is 12.3 Å². The molecule has 0 radical (unpaired) electrons. The van der Waals surface area contributed by atoms with Crippen LogP contribution < -0.4 is 0 Å². The predicted molar refractivity (Wildman–Crippen MR) is 65.8 cm³/mol. The molecule has 1 aromatic heterocycles. The van der Waals surface area contributed by atoms with E-state index in [2.05, 4.69) is 9.98 Å². The minimum Gasteiger partial charge on any atom is -0.464 e. The average molecular weight is 235 g/mol. The van der Waals surface area contributed by atoms with Crippen molar-refractivity contribution in [1.82, 2.24) is 9.88 Å². The monoisotopic (exact) mass is 235 g/mol. The first-order chi connectivity index (χ1) is 8.15. The molecule has 1 heterocycles. The number of pyridine rings is 1. The van der Waals surface area contributed by atoms with Gasteiger partial charge in [-0.3, -0.25) is 9.98 Å². The van der Waals surface area contributed by atoms with Crippen LogP contribution >= 0.6 is 0 Å². The van der Waals surface area contributed by atoms with Crippen molar-refractivity contribution in [2.75, 3.05) is 20.7 Å². The van der Waals surface area contributed by atoms with E-state index in [9.17, 15) is 4.79 Å². The van der Waals surface area contributed by atoms with Crippen LogP contribution in [0.15, 0.2) is 29.5 Å². The molecule has 1 unspecified atom stereocenters. The Kier molecular flexibility index (Phi) is 5.13. The van der Waals surface area contributed by atoms with Gasteiger partial charge in [-0.1, -0.05) is 6.07 Å². The molecule has 0 N–H and O–H groups in total. The van der Waals surface area contributed by atoms with Crippen molar-refractivity contribution in [3.8, 4) is 0 Å². The van der Waals surface area contributed by atoms with Gasteiger partial charge in [-0.2, -0.15) is 0 Å². The van der Waals surface area contributed by atoms with E-state index >= 15 is 0 Å². The second-order valence-electron chi connectivity index (χ2n) is 3.67. The summed E-state index contributed by atoms with van der Waals surface area (Å²) in [6, 6.07) is 2.93. The lowest BCUT2D eigenvalue weighted by atomic mass is 10.1. The Bertz CT molecular complexity index is 377. The van der Waals surface area contributed by atoms with Gasteiger partial charge in [0.05, 0.1) is 12.9 Å². The van der Waals surface area contributed by atoms with Crippen LogP contribution in [0.3, 0.4) is 0 Å². The van der Waals surface area contributed by atoms with Crippen molar-refractivity contribution in [3.63, 3.8) is 0 Å². The van der Waals surface area contributed by atoms with Crippen LogP contribution in [-0.4, -0.2) is 42.9 Å². The Morgan fingerprint density at radius 3 is 2.94 bits per heavy atom. The molecule has 92 valence electrons. The lowest BCUT2D eigenvalue weighted by molar-refractivity contribution is -0.144. The first-order valence-corrected chi connectivity index (χ1v) is 5.41. The zero-order chi connectivity index (χ0) is 12.7. The SMILES string of the molecule is CCOC(=O)C(N=CN(C)C)c1cccnc1. The van der Waals surface area contributed by atoms with Crippen molar-refractivity contribution < 1.29 is 9.53 Å². The number of ether oxygens (including phenoxy) is 1. The second-order valence-corrected chi connectivity index (χ2v) is 3.67. The summed E-state index contributed by atoms with van der Waals surface area (Å²) in [5, 5.41) is 0. The minimum atomic E-state index is -0.647. The Balaban J connectivity index is 2.90. The van der Waals surface area contributed by atoms with E-state index in [4.69, 9.17) is 4.74 Å². The van der Waals surface area contributed by atoms with E-state index in [1.165, 1.54) is 0 Å². The number of nitrogens with zero attached hydrogens (tertiary/aromatic N) is 3. The number of carbonyl (C=O) groups excluding carboxylic acids is 1. The molecular weight excluding hydrogens is 218 g/mol. The molecule has 0 aliphatic rings. The molecule has 0 aliphatic carbocycles. The number of hydrogen-bond donors (Lipinski definition) is 0. The van der Waals surface area contributed by atoms with E-state index in [-0.39, 0.29) is 5.97 Å². The van der Waals surface area contributed by atoms with Crippen molar-refractivity contribution in [2.45, 2.75) is 13.0 Å². The minimum absolute atomic E-state index is 0.340. The van der Waals surface area contributed by atoms with Gasteiger partial charge in [0, 0.05) is 32.1 Å². The van der Waals surface area contributed by atoms with Crippen LogP contribution in [0.1, 0.15) is 18.5 Å². The van der Waals surface area contributed by atoms with Gasteiger partial charge in [-0.25, -0.2) is 4.79 Å². The third-order valence-electron chi connectivity index (χ3n) is 1.96. The molecule has 1 atom stereocenters. The van der Waals surface area contributed by atoms with Crippen molar-refractivity contribution in [2.24, 2.45) is 4.99 Å². The first kappa shape index (κ1) is 13.2. The quantitative estimate of drug-likeness (QED) is 0.438. The highest BCUT2D eigenvalue weighted by molar-refractivity contribution is 5.79. The lowest BCUT2D eigenvalue weighted by Gasteiger charge is -2.12. The standard InChI is InChI=1S/C12H17N3O2/c1-4-17-12(16)11(14-9-15(2)3)10-6-5-7-13-8-10/h5-9,11H,4H2,1-3H3. The second kappa shape index (κ2) is 6.62. The molecule has 0 amide bonds. The maximum Gasteiger partial charge on any atom is 0.335 e. The van der Waals surface area contributed by atoms with Crippen LogP contribution in [0.25, 0.3) is 0 Å². The fourth-order valence-electron chi connectivity index (χ4n) is 1.24. The van der Waals surface area contributed by atoms with Gasteiger partial charge in [0.15, 0.2) is 6.04 Å². The zero-order valence-electron chi connectivity index (χ0n) is 10.3. The maximum atomic E-state index is 11.8. The third kappa shape index (κ3) is 4.22. The van der Waals surface area contributed by atoms with Gasteiger partial charge in [-0.15, -0.1) is 0 Å². The summed E-state index contributed by atoms with van der Waals surface area (Å²) in [6.07, 6.45) is 4.87. The van der Waals surface area contributed by atoms with Gasteiger partial charge in [0.1, 0.15) is 0 Å². The Labute approximate surface area is 101 Å².